The average molecular weight is 218 g/mol. The molecule has 0 saturated carbocycles. The SMILES string of the molecule is O=C(O)/C=C/c1ccc(N2CCCC2)nc1. The number of nitrogens with zero attached hydrogens (tertiary/aromatic N) is 2. The summed E-state index contributed by atoms with van der Waals surface area (Å²) in [4.78, 5) is 16.9. The Bertz CT molecular complexity index is 392. The number of carbonyl (C=O) groups is 1. The van der Waals surface area contributed by atoms with Crippen molar-refractivity contribution < 1.29 is 9.90 Å². The first kappa shape index (κ1) is 10.7. The van der Waals surface area contributed by atoms with Crippen LogP contribution in [0, 0.1) is 0 Å². The lowest BCUT2D eigenvalue weighted by Crippen LogP contribution is -2.18. The second kappa shape index (κ2) is 4.79. The highest BCUT2D eigenvalue weighted by Gasteiger charge is 2.12. The molecule has 0 amide bonds. The predicted molar refractivity (Wildman–Crippen MR) is 62.4 cm³/mol. The summed E-state index contributed by atoms with van der Waals surface area (Å²) in [5, 5.41) is 8.49. The third-order valence-electron chi connectivity index (χ3n) is 2.62. The number of pyridine rings is 1. The van der Waals surface area contributed by atoms with Crippen LogP contribution in [-0.4, -0.2) is 29.1 Å². The van der Waals surface area contributed by atoms with Gasteiger partial charge in [0.05, 0.1) is 0 Å². The minimum atomic E-state index is -0.941. The van der Waals surface area contributed by atoms with Gasteiger partial charge in [-0.25, -0.2) is 9.78 Å². The third kappa shape index (κ3) is 2.59. The van der Waals surface area contributed by atoms with Crippen LogP contribution in [-0.2, 0) is 4.79 Å². The molecule has 2 heterocycles. The molecule has 0 radical (unpaired) electrons. The standard InChI is InChI=1S/C12H14N2O2/c15-12(16)6-4-10-3-5-11(13-9-10)14-7-1-2-8-14/h3-6,9H,1-2,7-8H2,(H,15,16)/b6-4+. The third-order valence-corrected chi connectivity index (χ3v) is 2.62. The maximum atomic E-state index is 10.3. The van der Waals surface area contributed by atoms with Gasteiger partial charge in [0.1, 0.15) is 5.82 Å². The fourth-order valence-corrected chi connectivity index (χ4v) is 1.80. The van der Waals surface area contributed by atoms with E-state index in [1.807, 2.05) is 12.1 Å². The van der Waals surface area contributed by atoms with Gasteiger partial charge in [0.15, 0.2) is 0 Å². The monoisotopic (exact) mass is 218 g/mol. The summed E-state index contributed by atoms with van der Waals surface area (Å²) in [5.41, 5.74) is 0.811. The highest BCUT2D eigenvalue weighted by Crippen LogP contribution is 2.17. The van der Waals surface area contributed by atoms with Crippen LogP contribution in [0.15, 0.2) is 24.4 Å². The van der Waals surface area contributed by atoms with Crippen LogP contribution in [0.5, 0.6) is 0 Å². The van der Waals surface area contributed by atoms with Gasteiger partial charge in [-0.1, -0.05) is 0 Å². The fraction of sp³-hybridized carbons (Fsp3) is 0.333. The van der Waals surface area contributed by atoms with Crippen LogP contribution >= 0.6 is 0 Å². The van der Waals surface area contributed by atoms with Gasteiger partial charge in [-0.15, -0.1) is 0 Å². The lowest BCUT2D eigenvalue weighted by atomic mass is 10.2. The molecule has 16 heavy (non-hydrogen) atoms. The first-order valence-electron chi connectivity index (χ1n) is 5.38. The van der Waals surface area contributed by atoms with Gasteiger partial charge in [-0.3, -0.25) is 0 Å². The number of carboxylic acids is 1. The summed E-state index contributed by atoms with van der Waals surface area (Å²) in [5.74, 6) is 0.0357. The molecular weight excluding hydrogens is 204 g/mol. The molecule has 0 unspecified atom stereocenters. The van der Waals surface area contributed by atoms with Crippen molar-refractivity contribution in [3.05, 3.63) is 30.0 Å². The molecule has 1 aromatic rings. The molecule has 2 rings (SSSR count). The van der Waals surface area contributed by atoms with E-state index in [1.54, 1.807) is 12.3 Å². The molecule has 1 aliphatic rings. The van der Waals surface area contributed by atoms with E-state index in [4.69, 9.17) is 5.11 Å². The maximum absolute atomic E-state index is 10.3. The topological polar surface area (TPSA) is 53.4 Å². The van der Waals surface area contributed by atoms with Crippen LogP contribution < -0.4 is 4.90 Å². The van der Waals surface area contributed by atoms with E-state index in [2.05, 4.69) is 9.88 Å². The summed E-state index contributed by atoms with van der Waals surface area (Å²) in [6.07, 6.45) is 6.81. The highest BCUT2D eigenvalue weighted by atomic mass is 16.4. The van der Waals surface area contributed by atoms with Crippen LogP contribution in [0.2, 0.25) is 0 Å². The van der Waals surface area contributed by atoms with Gasteiger partial charge in [-0.2, -0.15) is 0 Å². The maximum Gasteiger partial charge on any atom is 0.328 e. The zero-order chi connectivity index (χ0) is 11.4. The number of hydrogen-bond acceptors (Lipinski definition) is 3. The summed E-state index contributed by atoms with van der Waals surface area (Å²) < 4.78 is 0. The number of rotatable bonds is 3. The van der Waals surface area contributed by atoms with E-state index >= 15 is 0 Å². The van der Waals surface area contributed by atoms with Gasteiger partial charge in [0.2, 0.25) is 0 Å². The first-order chi connectivity index (χ1) is 7.75. The van der Waals surface area contributed by atoms with Crippen molar-refractivity contribution in [1.82, 2.24) is 4.98 Å². The number of aromatic nitrogens is 1. The van der Waals surface area contributed by atoms with Crippen LogP contribution in [0.25, 0.3) is 6.08 Å². The summed E-state index contributed by atoms with van der Waals surface area (Å²) in [6.45, 7) is 2.13. The Hall–Kier alpha value is -1.84. The van der Waals surface area contributed by atoms with Gasteiger partial charge < -0.3 is 10.0 Å². The average Bonchev–Trinajstić information content (AvgIpc) is 2.80. The summed E-state index contributed by atoms with van der Waals surface area (Å²) in [7, 11) is 0. The summed E-state index contributed by atoms with van der Waals surface area (Å²) >= 11 is 0. The number of carboxylic acid groups (broad SMARTS) is 1. The van der Waals surface area contributed by atoms with E-state index in [0.717, 1.165) is 30.5 Å². The lowest BCUT2D eigenvalue weighted by molar-refractivity contribution is -0.131. The molecule has 0 aliphatic carbocycles. The van der Waals surface area contributed by atoms with Crippen molar-refractivity contribution in [2.45, 2.75) is 12.8 Å². The second-order valence-electron chi connectivity index (χ2n) is 3.82. The van der Waals surface area contributed by atoms with Gasteiger partial charge in [0.25, 0.3) is 0 Å². The molecule has 1 aliphatic heterocycles. The highest BCUT2D eigenvalue weighted by molar-refractivity contribution is 5.85. The minimum absolute atomic E-state index is 0.811. The number of aliphatic carboxylic acids is 1. The minimum Gasteiger partial charge on any atom is -0.478 e. The zero-order valence-corrected chi connectivity index (χ0v) is 8.97. The zero-order valence-electron chi connectivity index (χ0n) is 8.97. The van der Waals surface area contributed by atoms with Crippen molar-refractivity contribution in [2.24, 2.45) is 0 Å². The Morgan fingerprint density at radius 3 is 2.69 bits per heavy atom. The summed E-state index contributed by atoms with van der Waals surface area (Å²) in [6, 6.07) is 3.83. The van der Waals surface area contributed by atoms with Crippen molar-refractivity contribution in [1.29, 1.82) is 0 Å². The Labute approximate surface area is 94.2 Å². The van der Waals surface area contributed by atoms with Crippen molar-refractivity contribution in [3.8, 4) is 0 Å². The molecule has 4 heteroatoms. The molecule has 84 valence electrons. The molecule has 0 atom stereocenters. The smallest absolute Gasteiger partial charge is 0.328 e. The van der Waals surface area contributed by atoms with Crippen molar-refractivity contribution in [2.75, 3.05) is 18.0 Å². The lowest BCUT2D eigenvalue weighted by Gasteiger charge is -2.15. The van der Waals surface area contributed by atoms with Crippen LogP contribution in [0.1, 0.15) is 18.4 Å². The molecule has 4 nitrogen and oxygen atoms in total. The number of hydrogen-bond donors (Lipinski definition) is 1. The number of anilines is 1. The molecule has 1 saturated heterocycles. The van der Waals surface area contributed by atoms with E-state index < -0.39 is 5.97 Å². The van der Waals surface area contributed by atoms with Crippen molar-refractivity contribution >= 4 is 17.9 Å². The quantitative estimate of drug-likeness (QED) is 0.786. The molecule has 0 aromatic carbocycles. The Kier molecular flexibility index (Phi) is 3.19. The van der Waals surface area contributed by atoms with E-state index in [1.165, 1.54) is 12.8 Å². The van der Waals surface area contributed by atoms with Gasteiger partial charge in [0, 0.05) is 25.4 Å². The van der Waals surface area contributed by atoms with E-state index in [-0.39, 0.29) is 0 Å². The molecule has 1 fully saturated rings. The van der Waals surface area contributed by atoms with E-state index in [9.17, 15) is 4.79 Å². The molecule has 1 N–H and O–H groups in total. The second-order valence-corrected chi connectivity index (χ2v) is 3.82. The Morgan fingerprint density at radius 2 is 2.12 bits per heavy atom. The largest absolute Gasteiger partial charge is 0.478 e. The van der Waals surface area contributed by atoms with Crippen LogP contribution in [0.3, 0.4) is 0 Å². The Balaban J connectivity index is 2.06. The van der Waals surface area contributed by atoms with Gasteiger partial charge in [-0.05, 0) is 36.6 Å². The predicted octanol–water partition coefficient (Wildman–Crippen LogP) is 1.78. The van der Waals surface area contributed by atoms with E-state index in [0.29, 0.717) is 0 Å². The molecular formula is C12H14N2O2. The first-order valence-corrected chi connectivity index (χ1v) is 5.38. The molecule has 1 aromatic heterocycles. The molecule has 0 spiro atoms. The Morgan fingerprint density at radius 1 is 1.38 bits per heavy atom. The van der Waals surface area contributed by atoms with Gasteiger partial charge >= 0.3 is 5.97 Å². The molecule has 0 bridgehead atoms. The van der Waals surface area contributed by atoms with Crippen LogP contribution in [0.4, 0.5) is 5.82 Å². The fourth-order valence-electron chi connectivity index (χ4n) is 1.80. The van der Waals surface area contributed by atoms with Crippen molar-refractivity contribution in [3.63, 3.8) is 0 Å². The normalized spacial score (nSPS) is 15.9.